The Morgan fingerprint density at radius 3 is 1.21 bits per heavy atom. The lowest BCUT2D eigenvalue weighted by Gasteiger charge is -2.17. The second kappa shape index (κ2) is 10.2. The van der Waals surface area contributed by atoms with Crippen LogP contribution in [0.5, 0.6) is 0 Å². The third-order valence-electron chi connectivity index (χ3n) is 14.0. The molecule has 0 fully saturated rings. The maximum Gasteiger partial charge on any atom is -0.000697 e. The first-order valence-corrected chi connectivity index (χ1v) is 20.4. The zero-order chi connectivity index (χ0) is 37.4. The maximum absolute atomic E-state index is 2.57. The zero-order valence-electron chi connectivity index (χ0n) is 31.3. The first-order valence-electron chi connectivity index (χ1n) is 20.4. The highest BCUT2D eigenvalue weighted by molar-refractivity contribution is 6.51. The lowest BCUT2D eigenvalue weighted by molar-refractivity contribution is 1.61. The molecule has 0 unspecified atom stereocenters. The van der Waals surface area contributed by atoms with E-state index < -0.39 is 0 Å². The molecule has 0 heteroatoms. The molecule has 14 aromatic carbocycles. The van der Waals surface area contributed by atoms with Crippen molar-refractivity contribution >= 4 is 108 Å². The molecule has 15 rings (SSSR count). The molecule has 1 aliphatic rings. The van der Waals surface area contributed by atoms with Crippen LogP contribution in [0.3, 0.4) is 0 Å². The zero-order valence-corrected chi connectivity index (χ0v) is 31.3. The van der Waals surface area contributed by atoms with Crippen molar-refractivity contribution in [1.82, 2.24) is 0 Å². The Balaban J connectivity index is 1.16. The van der Waals surface area contributed by atoms with Crippen LogP contribution in [0.1, 0.15) is 0 Å². The molecule has 0 aliphatic heterocycles. The van der Waals surface area contributed by atoms with Crippen LogP contribution in [0.2, 0.25) is 0 Å². The van der Waals surface area contributed by atoms with Gasteiger partial charge in [0.25, 0.3) is 0 Å². The second-order valence-corrected chi connectivity index (χ2v) is 16.5. The Kier molecular flexibility index (Phi) is 5.25. The van der Waals surface area contributed by atoms with Gasteiger partial charge in [-0.15, -0.1) is 0 Å². The molecule has 262 valence electrons. The molecule has 0 spiro atoms. The highest BCUT2D eigenvalue weighted by Crippen LogP contribution is 2.57. The predicted molar refractivity (Wildman–Crippen MR) is 250 cm³/mol. The van der Waals surface area contributed by atoms with E-state index in [4.69, 9.17) is 0 Å². The summed E-state index contributed by atoms with van der Waals surface area (Å²) < 4.78 is 0. The van der Waals surface area contributed by atoms with Crippen LogP contribution in [-0.4, -0.2) is 0 Å². The molecule has 0 atom stereocenters. The maximum atomic E-state index is 2.57. The molecule has 0 N–H and O–H groups in total. The van der Waals surface area contributed by atoms with Gasteiger partial charge < -0.3 is 0 Å². The average Bonchev–Trinajstić information content (AvgIpc) is 3.93. The molecule has 0 bridgehead atoms. The van der Waals surface area contributed by atoms with Gasteiger partial charge in [-0.2, -0.15) is 0 Å². The van der Waals surface area contributed by atoms with Crippen molar-refractivity contribution in [1.29, 1.82) is 0 Å². The van der Waals surface area contributed by atoms with Gasteiger partial charge in [-0.05, 0) is 158 Å². The molecule has 0 nitrogen and oxygen atoms in total. The van der Waals surface area contributed by atoms with Crippen LogP contribution in [0.4, 0.5) is 0 Å². The summed E-state index contributed by atoms with van der Waals surface area (Å²) in [5, 5.41) is 27.1. The van der Waals surface area contributed by atoms with Crippen molar-refractivity contribution in [3.05, 3.63) is 182 Å². The first kappa shape index (κ1) is 29.7. The van der Waals surface area contributed by atoms with Crippen molar-refractivity contribution in [2.24, 2.45) is 0 Å². The molecule has 1 aliphatic carbocycles. The Morgan fingerprint density at radius 1 is 0.172 bits per heavy atom. The Labute approximate surface area is 332 Å². The van der Waals surface area contributed by atoms with Gasteiger partial charge in [0, 0.05) is 0 Å². The Morgan fingerprint density at radius 2 is 0.552 bits per heavy atom. The number of benzene rings is 12. The molecule has 58 heavy (non-hydrogen) atoms. The van der Waals surface area contributed by atoms with E-state index in [0.717, 1.165) is 0 Å². The van der Waals surface area contributed by atoms with E-state index in [2.05, 4.69) is 182 Å². The van der Waals surface area contributed by atoms with Gasteiger partial charge in [-0.1, -0.05) is 176 Å². The lowest BCUT2D eigenvalue weighted by atomic mass is 9.85. The highest BCUT2D eigenvalue weighted by Gasteiger charge is 2.28. The van der Waals surface area contributed by atoms with Crippen molar-refractivity contribution in [3.8, 4) is 44.5 Å². The fourth-order valence-corrected chi connectivity index (χ4v) is 11.9. The Bertz CT molecular complexity index is 4030. The van der Waals surface area contributed by atoms with Crippen molar-refractivity contribution < 1.29 is 0 Å². The first-order chi connectivity index (χ1) is 28.8. The van der Waals surface area contributed by atoms with Gasteiger partial charge in [0.1, 0.15) is 0 Å². The number of rotatable bonds is 2. The van der Waals surface area contributed by atoms with Gasteiger partial charge in [0.2, 0.25) is 0 Å². The normalized spacial score (nSPS) is 12.8. The van der Waals surface area contributed by atoms with E-state index in [0.29, 0.717) is 0 Å². The molecule has 0 aromatic heterocycles. The summed E-state index contributed by atoms with van der Waals surface area (Å²) in [7, 11) is 0. The molecule has 0 saturated carbocycles. The van der Waals surface area contributed by atoms with Crippen LogP contribution in [0, 0.1) is 0 Å². The fourth-order valence-electron chi connectivity index (χ4n) is 11.9. The van der Waals surface area contributed by atoms with Crippen LogP contribution in [0.15, 0.2) is 182 Å². The monoisotopic (exact) mass is 726 g/mol. The molecular weight excluding hydrogens is 697 g/mol. The number of hydrogen-bond acceptors (Lipinski definition) is 0. The van der Waals surface area contributed by atoms with E-state index in [1.54, 1.807) is 0 Å². The smallest absolute Gasteiger partial charge is 0.000697 e. The number of fused-ring (bicyclic) bond motifs is 14. The van der Waals surface area contributed by atoms with E-state index >= 15 is 0 Å². The topological polar surface area (TPSA) is 0 Å². The predicted octanol–water partition coefficient (Wildman–Crippen LogP) is 16.5. The summed E-state index contributed by atoms with van der Waals surface area (Å²) in [6.45, 7) is 0. The summed E-state index contributed by atoms with van der Waals surface area (Å²) in [4.78, 5) is 0. The highest BCUT2D eigenvalue weighted by atomic mass is 14.3. The van der Waals surface area contributed by atoms with Gasteiger partial charge >= 0.3 is 0 Å². The summed E-state index contributed by atoms with van der Waals surface area (Å²) in [6, 6.07) is 69.0. The van der Waals surface area contributed by atoms with Crippen LogP contribution in [-0.2, 0) is 0 Å². The molecule has 0 saturated heterocycles. The van der Waals surface area contributed by atoms with Crippen molar-refractivity contribution in [2.45, 2.75) is 0 Å². The number of hydrogen-bond donors (Lipinski definition) is 0. The van der Waals surface area contributed by atoms with Crippen molar-refractivity contribution in [3.63, 3.8) is 0 Å². The average molecular weight is 727 g/mol. The van der Waals surface area contributed by atoms with Crippen molar-refractivity contribution in [2.75, 3.05) is 0 Å². The third-order valence-corrected chi connectivity index (χ3v) is 14.0. The summed E-state index contributed by atoms with van der Waals surface area (Å²) in [5.74, 6) is 0. The molecule has 0 radical (unpaired) electrons. The SMILES string of the molecule is c1ccc(-c2ccccc2-c2c3ccccc3c3c4ccccc4c4c5c(cc2c34)c2ccc3c4ccc6c7c(ccc(c8ccc5c2c38)c74)-c2ccccc2-6)cc1. The van der Waals surface area contributed by atoms with E-state index in [1.165, 1.54) is 152 Å². The van der Waals surface area contributed by atoms with Crippen LogP contribution in [0.25, 0.3) is 152 Å². The standard InChI is InChI=1S/C58H30/c1-2-12-31(13-3-1)32-14-4-7-17-35(32)50-36-18-8-9-19-37(36)54-38-20-10-11-21-39(38)57-56-47-29-28-45-43-25-23-41-34-16-6-5-15-33(34)40-22-24-42(52(43)51(40)41)44-26-27-46(55(47)53(44)45)48(56)30-49(50)58(54)57/h1-30H. The molecule has 0 amide bonds. The second-order valence-electron chi connectivity index (χ2n) is 16.5. The fraction of sp³-hybridized carbons (Fsp3) is 0. The summed E-state index contributed by atoms with van der Waals surface area (Å²) >= 11 is 0. The van der Waals surface area contributed by atoms with Gasteiger partial charge in [-0.25, -0.2) is 0 Å². The summed E-state index contributed by atoms with van der Waals surface area (Å²) in [5.41, 5.74) is 10.5. The largest absolute Gasteiger partial charge is 0.0622 e. The van der Waals surface area contributed by atoms with Crippen LogP contribution < -0.4 is 0 Å². The van der Waals surface area contributed by atoms with Gasteiger partial charge in [0.05, 0.1) is 0 Å². The lowest BCUT2D eigenvalue weighted by Crippen LogP contribution is -1.90. The minimum absolute atomic E-state index is 1.24. The molecule has 0 heterocycles. The van der Waals surface area contributed by atoms with E-state index in [1.807, 2.05) is 0 Å². The van der Waals surface area contributed by atoms with E-state index in [9.17, 15) is 0 Å². The summed E-state index contributed by atoms with van der Waals surface area (Å²) in [6.07, 6.45) is 0. The molecular formula is C58H30. The van der Waals surface area contributed by atoms with E-state index in [-0.39, 0.29) is 0 Å². The van der Waals surface area contributed by atoms with Gasteiger partial charge in [0.15, 0.2) is 0 Å². The quantitative estimate of drug-likeness (QED) is 0.123. The minimum atomic E-state index is 1.24. The van der Waals surface area contributed by atoms with Crippen LogP contribution >= 0.6 is 0 Å². The minimum Gasteiger partial charge on any atom is -0.0622 e. The van der Waals surface area contributed by atoms with Gasteiger partial charge in [-0.3, -0.25) is 0 Å². The Hall–Kier alpha value is -7.54. The molecule has 14 aromatic rings. The third kappa shape index (κ3) is 3.35.